The number of carbonyl (C=O) groups excluding carboxylic acids is 1. The van der Waals surface area contributed by atoms with Crippen molar-refractivity contribution in [1.82, 2.24) is 9.29 Å². The summed E-state index contributed by atoms with van der Waals surface area (Å²) in [5.41, 5.74) is 1.06. The highest BCUT2D eigenvalue weighted by atomic mass is 35.5. The molecule has 2 fully saturated rings. The summed E-state index contributed by atoms with van der Waals surface area (Å²) in [4.78, 5) is 17.6. The van der Waals surface area contributed by atoms with Crippen molar-refractivity contribution in [3.63, 3.8) is 0 Å². The van der Waals surface area contributed by atoms with Crippen LogP contribution in [0.25, 0.3) is 0 Å². The standard InChI is InChI=1S/C29H25Cl2F2N3O6S2/c30-22-14-35-15-23(31)21(22)12-25(19-5-8-24(42-29(32)33)26(11-19)40-16-18-1-2-18)41-28(37)27-36(9-10-43-27)44(38,39)20-6-3-17(13-34)4-7-20/h3-8,11,14-15,18,25,27,29H,1-2,9-10,12,16H2/t25-,27-/m0/s1. The number of pyridine rings is 1. The zero-order chi connectivity index (χ0) is 31.4. The quantitative estimate of drug-likeness (QED) is 0.204. The van der Waals surface area contributed by atoms with E-state index >= 15 is 0 Å². The van der Waals surface area contributed by atoms with Gasteiger partial charge >= 0.3 is 12.6 Å². The number of nitriles is 1. The molecule has 0 bridgehead atoms. The summed E-state index contributed by atoms with van der Waals surface area (Å²) in [6, 6.07) is 11.5. The summed E-state index contributed by atoms with van der Waals surface area (Å²) in [5.74, 6) is -0.335. The van der Waals surface area contributed by atoms with Crippen molar-refractivity contribution in [3.05, 3.63) is 81.6 Å². The average Bonchev–Trinajstić information content (AvgIpc) is 3.69. The van der Waals surface area contributed by atoms with Crippen LogP contribution in [-0.2, 0) is 26.0 Å². The van der Waals surface area contributed by atoms with Crippen LogP contribution in [-0.4, -0.2) is 54.6 Å². The Hall–Kier alpha value is -3.15. The van der Waals surface area contributed by atoms with Gasteiger partial charge < -0.3 is 14.2 Å². The minimum atomic E-state index is -4.12. The Balaban J connectivity index is 1.45. The van der Waals surface area contributed by atoms with E-state index in [1.807, 2.05) is 6.07 Å². The predicted molar refractivity (Wildman–Crippen MR) is 159 cm³/mol. The van der Waals surface area contributed by atoms with Gasteiger partial charge in [-0.15, -0.1) is 11.8 Å². The fourth-order valence-corrected chi connectivity index (χ4v) is 8.06. The van der Waals surface area contributed by atoms with Crippen molar-refractivity contribution in [2.75, 3.05) is 18.9 Å². The van der Waals surface area contributed by atoms with E-state index in [1.165, 1.54) is 54.9 Å². The van der Waals surface area contributed by atoms with Crippen LogP contribution in [0.2, 0.25) is 10.0 Å². The fraction of sp³-hybridized carbons (Fsp3) is 0.345. The number of esters is 1. The molecular formula is C29H25Cl2F2N3O6S2. The molecule has 2 aliphatic rings. The summed E-state index contributed by atoms with van der Waals surface area (Å²) >= 11 is 13.8. The molecule has 232 valence electrons. The zero-order valence-corrected chi connectivity index (χ0v) is 26.0. The Bertz CT molecular complexity index is 1650. The topological polar surface area (TPSA) is 119 Å². The summed E-state index contributed by atoms with van der Waals surface area (Å²) in [6.07, 6.45) is 3.57. The number of alkyl halides is 2. The largest absolute Gasteiger partial charge is 0.489 e. The molecule has 2 aromatic carbocycles. The van der Waals surface area contributed by atoms with Crippen LogP contribution in [0, 0.1) is 17.2 Å². The number of hydrogen-bond donors (Lipinski definition) is 0. The van der Waals surface area contributed by atoms with E-state index in [0.717, 1.165) is 28.9 Å². The van der Waals surface area contributed by atoms with E-state index < -0.39 is 34.1 Å². The molecule has 44 heavy (non-hydrogen) atoms. The molecule has 0 amide bonds. The van der Waals surface area contributed by atoms with E-state index in [4.69, 9.17) is 37.9 Å². The van der Waals surface area contributed by atoms with Gasteiger partial charge in [0.1, 0.15) is 6.10 Å². The Kier molecular flexibility index (Phi) is 10.2. The number of sulfonamides is 1. The number of carbonyl (C=O) groups is 1. The highest BCUT2D eigenvalue weighted by molar-refractivity contribution is 8.02. The van der Waals surface area contributed by atoms with Crippen molar-refractivity contribution < 1.29 is 36.2 Å². The highest BCUT2D eigenvalue weighted by Crippen LogP contribution is 2.39. The number of halogens is 4. The molecule has 0 unspecified atom stereocenters. The van der Waals surface area contributed by atoms with Crippen LogP contribution in [0.15, 0.2) is 59.8 Å². The molecule has 1 aromatic heterocycles. The Morgan fingerprint density at radius 1 is 1.11 bits per heavy atom. The molecule has 2 heterocycles. The van der Waals surface area contributed by atoms with E-state index in [9.17, 15) is 22.0 Å². The highest BCUT2D eigenvalue weighted by Gasteiger charge is 2.42. The zero-order valence-electron chi connectivity index (χ0n) is 22.9. The van der Waals surface area contributed by atoms with Gasteiger partial charge in [-0.1, -0.05) is 29.3 Å². The minimum absolute atomic E-state index is 0.0389. The maximum atomic E-state index is 13.7. The summed E-state index contributed by atoms with van der Waals surface area (Å²) in [5, 5.41) is 8.27. The molecule has 0 N–H and O–H groups in total. The molecule has 1 saturated carbocycles. The van der Waals surface area contributed by atoms with Gasteiger partial charge in [-0.2, -0.15) is 18.3 Å². The molecule has 3 aromatic rings. The lowest BCUT2D eigenvalue weighted by atomic mass is 10.0. The van der Waals surface area contributed by atoms with E-state index in [1.54, 1.807) is 0 Å². The van der Waals surface area contributed by atoms with Crippen molar-refractivity contribution in [1.29, 1.82) is 5.26 Å². The first-order valence-electron chi connectivity index (χ1n) is 13.4. The Labute approximate surface area is 267 Å². The molecule has 15 heteroatoms. The van der Waals surface area contributed by atoms with Crippen molar-refractivity contribution >= 4 is 51.0 Å². The number of hydrogen-bond acceptors (Lipinski definition) is 9. The SMILES string of the molecule is N#Cc1ccc(S(=O)(=O)N2CCS[C@H]2C(=O)O[C@@H](Cc2c(Cl)cncc2Cl)c2ccc(OC(F)F)c(OCC3CC3)c2)cc1. The smallest absolute Gasteiger partial charge is 0.387 e. The summed E-state index contributed by atoms with van der Waals surface area (Å²) in [6.45, 7) is -2.73. The number of rotatable bonds is 12. The summed E-state index contributed by atoms with van der Waals surface area (Å²) in [7, 11) is -4.12. The molecule has 1 aliphatic carbocycles. The maximum absolute atomic E-state index is 13.7. The Morgan fingerprint density at radius 3 is 2.45 bits per heavy atom. The number of ether oxygens (including phenoxy) is 3. The van der Waals surface area contributed by atoms with Crippen LogP contribution < -0.4 is 9.47 Å². The lowest BCUT2D eigenvalue weighted by Crippen LogP contribution is -2.40. The van der Waals surface area contributed by atoms with Gasteiger partial charge in [0, 0.05) is 31.1 Å². The monoisotopic (exact) mass is 683 g/mol. The maximum Gasteiger partial charge on any atom is 0.387 e. The minimum Gasteiger partial charge on any atom is -0.489 e. The second kappa shape index (κ2) is 13.9. The van der Waals surface area contributed by atoms with Crippen LogP contribution in [0.4, 0.5) is 8.78 Å². The summed E-state index contributed by atoms with van der Waals surface area (Å²) < 4.78 is 70.7. The van der Waals surface area contributed by atoms with Crippen LogP contribution in [0.1, 0.15) is 35.6 Å². The average molecular weight is 685 g/mol. The van der Waals surface area contributed by atoms with Gasteiger partial charge in [0.15, 0.2) is 16.9 Å². The molecule has 2 atom stereocenters. The van der Waals surface area contributed by atoms with E-state index in [2.05, 4.69) is 9.72 Å². The third-order valence-electron chi connectivity index (χ3n) is 6.97. The Morgan fingerprint density at radius 2 is 1.82 bits per heavy atom. The molecule has 9 nitrogen and oxygen atoms in total. The van der Waals surface area contributed by atoms with Gasteiger partial charge in [0.05, 0.1) is 33.2 Å². The molecule has 1 saturated heterocycles. The lowest BCUT2D eigenvalue weighted by Gasteiger charge is -2.26. The second-order valence-electron chi connectivity index (χ2n) is 10.0. The second-order valence-corrected chi connectivity index (χ2v) is 13.9. The molecule has 1 aliphatic heterocycles. The van der Waals surface area contributed by atoms with Crippen LogP contribution in [0.5, 0.6) is 11.5 Å². The number of thioether (sulfide) groups is 1. The molecule has 0 radical (unpaired) electrons. The van der Waals surface area contributed by atoms with Crippen molar-refractivity contribution in [2.45, 2.75) is 42.2 Å². The first kappa shape index (κ1) is 32.2. The van der Waals surface area contributed by atoms with Gasteiger partial charge in [-0.3, -0.25) is 4.98 Å². The first-order chi connectivity index (χ1) is 21.1. The predicted octanol–water partition coefficient (Wildman–Crippen LogP) is 6.24. The van der Waals surface area contributed by atoms with Crippen LogP contribution >= 0.6 is 35.0 Å². The number of nitrogens with zero attached hydrogens (tertiary/aromatic N) is 3. The molecule has 0 spiro atoms. The molecular weight excluding hydrogens is 659 g/mol. The molecule has 5 rings (SSSR count). The number of aromatic nitrogens is 1. The van der Waals surface area contributed by atoms with Gasteiger partial charge in [-0.25, -0.2) is 13.2 Å². The van der Waals surface area contributed by atoms with E-state index in [0.29, 0.717) is 29.4 Å². The van der Waals surface area contributed by atoms with Crippen LogP contribution in [0.3, 0.4) is 0 Å². The fourth-order valence-electron chi connectivity index (χ4n) is 4.49. The van der Waals surface area contributed by atoms with E-state index in [-0.39, 0.29) is 45.0 Å². The lowest BCUT2D eigenvalue weighted by molar-refractivity contribution is -0.150. The third-order valence-corrected chi connectivity index (χ3v) is 10.8. The van der Waals surface area contributed by atoms with Crippen molar-refractivity contribution in [2.24, 2.45) is 5.92 Å². The van der Waals surface area contributed by atoms with Crippen molar-refractivity contribution in [3.8, 4) is 17.6 Å². The number of benzene rings is 2. The normalized spacial score (nSPS) is 17.7. The van der Waals surface area contributed by atoms with Gasteiger partial charge in [0.25, 0.3) is 0 Å². The van der Waals surface area contributed by atoms with Gasteiger partial charge in [0.2, 0.25) is 10.0 Å². The first-order valence-corrected chi connectivity index (χ1v) is 16.6. The van der Waals surface area contributed by atoms with Gasteiger partial charge in [-0.05, 0) is 66.3 Å². The third kappa shape index (κ3) is 7.55.